The summed E-state index contributed by atoms with van der Waals surface area (Å²) in [4.78, 5) is 22.2. The number of amides is 1. The molecule has 1 heterocycles. The lowest BCUT2D eigenvalue weighted by atomic mass is 10.2. The van der Waals surface area contributed by atoms with Crippen molar-refractivity contribution in [1.82, 2.24) is 9.78 Å². The first-order chi connectivity index (χ1) is 10.4. The summed E-state index contributed by atoms with van der Waals surface area (Å²) >= 11 is 5.87. The van der Waals surface area contributed by atoms with E-state index in [1.807, 2.05) is 0 Å². The van der Waals surface area contributed by atoms with Gasteiger partial charge in [-0.25, -0.2) is 0 Å². The number of aryl methyl sites for hydroxylation is 1. The van der Waals surface area contributed by atoms with Crippen molar-refractivity contribution in [3.8, 4) is 5.75 Å². The highest BCUT2D eigenvalue weighted by Crippen LogP contribution is 2.28. The maximum absolute atomic E-state index is 12.0. The number of hydrogen-bond acceptors (Lipinski definition) is 5. The van der Waals surface area contributed by atoms with Crippen LogP contribution in [-0.2, 0) is 11.3 Å². The molecule has 0 atom stereocenters. The van der Waals surface area contributed by atoms with Gasteiger partial charge in [-0.2, -0.15) is 5.10 Å². The molecule has 2 rings (SSSR count). The van der Waals surface area contributed by atoms with Crippen LogP contribution in [0.15, 0.2) is 24.4 Å². The van der Waals surface area contributed by atoms with Crippen molar-refractivity contribution in [2.24, 2.45) is 0 Å². The van der Waals surface area contributed by atoms with Gasteiger partial charge in [-0.3, -0.25) is 19.6 Å². The minimum atomic E-state index is -0.539. The van der Waals surface area contributed by atoms with Crippen LogP contribution in [0.25, 0.3) is 0 Å². The molecule has 0 saturated carbocycles. The zero-order chi connectivity index (χ0) is 16.3. The number of carbonyl (C=O) groups is 1. The topological polar surface area (TPSA) is 99.3 Å². The van der Waals surface area contributed by atoms with Crippen molar-refractivity contribution in [2.45, 2.75) is 13.5 Å². The monoisotopic (exact) mass is 324 g/mol. The Hall–Kier alpha value is -2.61. The molecule has 1 aromatic carbocycles. The normalized spacial score (nSPS) is 10.3. The molecular weight excluding hydrogens is 312 g/mol. The van der Waals surface area contributed by atoms with Gasteiger partial charge in [0.2, 0.25) is 5.91 Å². The smallest absolute Gasteiger partial charge is 0.273 e. The van der Waals surface area contributed by atoms with Crippen molar-refractivity contribution in [2.75, 3.05) is 12.4 Å². The van der Waals surface area contributed by atoms with Gasteiger partial charge in [-0.1, -0.05) is 11.6 Å². The average Bonchev–Trinajstić information content (AvgIpc) is 2.77. The molecule has 0 radical (unpaired) electrons. The maximum atomic E-state index is 12.0. The van der Waals surface area contributed by atoms with Crippen LogP contribution in [-0.4, -0.2) is 27.7 Å². The molecule has 0 aliphatic heterocycles. The Morgan fingerprint density at radius 2 is 2.27 bits per heavy atom. The van der Waals surface area contributed by atoms with Gasteiger partial charge >= 0.3 is 0 Å². The number of aromatic nitrogens is 2. The lowest BCUT2D eigenvalue weighted by Crippen LogP contribution is -2.19. The molecule has 2 aromatic rings. The highest BCUT2D eigenvalue weighted by Gasteiger charge is 2.14. The number of nitro groups is 1. The summed E-state index contributed by atoms with van der Waals surface area (Å²) < 4.78 is 6.46. The number of ether oxygens (including phenoxy) is 1. The van der Waals surface area contributed by atoms with Crippen molar-refractivity contribution in [3.63, 3.8) is 0 Å². The van der Waals surface area contributed by atoms with Crippen LogP contribution in [0.2, 0.25) is 5.02 Å². The third kappa shape index (κ3) is 3.53. The standard InChI is InChI=1S/C13H13ClN4O4/c1-8-10(14)6-17(16-8)7-13(19)15-11-4-3-9(18(20)21)5-12(11)22-2/h3-6H,7H2,1-2H3,(H,15,19). The van der Waals surface area contributed by atoms with Crippen LogP contribution in [0.3, 0.4) is 0 Å². The summed E-state index contributed by atoms with van der Waals surface area (Å²) in [5, 5.41) is 17.9. The van der Waals surface area contributed by atoms with Crippen molar-refractivity contribution < 1.29 is 14.5 Å². The number of methoxy groups -OCH3 is 1. The number of nitrogens with one attached hydrogen (secondary N) is 1. The van der Waals surface area contributed by atoms with Crippen LogP contribution < -0.4 is 10.1 Å². The number of non-ortho nitro benzene ring substituents is 1. The van der Waals surface area contributed by atoms with E-state index in [2.05, 4.69) is 10.4 Å². The molecule has 0 unspecified atom stereocenters. The SMILES string of the molecule is COc1cc([N+](=O)[O-])ccc1NC(=O)Cn1cc(Cl)c(C)n1. The number of hydrogen-bond donors (Lipinski definition) is 1. The van der Waals surface area contributed by atoms with Gasteiger partial charge < -0.3 is 10.1 Å². The zero-order valence-corrected chi connectivity index (χ0v) is 12.6. The van der Waals surface area contributed by atoms with Gasteiger partial charge in [-0.15, -0.1) is 0 Å². The second kappa shape index (κ2) is 6.44. The Labute approximate surface area is 130 Å². The largest absolute Gasteiger partial charge is 0.494 e. The molecule has 1 amide bonds. The number of anilines is 1. The number of nitro benzene ring substituents is 1. The Morgan fingerprint density at radius 3 is 2.82 bits per heavy atom. The van der Waals surface area contributed by atoms with Crippen molar-refractivity contribution in [3.05, 3.63) is 45.2 Å². The molecule has 0 bridgehead atoms. The fourth-order valence-corrected chi connectivity index (χ4v) is 1.96. The Morgan fingerprint density at radius 1 is 1.55 bits per heavy atom. The zero-order valence-electron chi connectivity index (χ0n) is 11.9. The Balaban J connectivity index is 2.12. The summed E-state index contributed by atoms with van der Waals surface area (Å²) in [6.07, 6.45) is 1.55. The number of halogens is 1. The van der Waals surface area contributed by atoms with E-state index in [9.17, 15) is 14.9 Å². The van der Waals surface area contributed by atoms with E-state index >= 15 is 0 Å². The van der Waals surface area contributed by atoms with Crippen LogP contribution >= 0.6 is 11.6 Å². The average molecular weight is 325 g/mol. The van der Waals surface area contributed by atoms with Crippen LogP contribution in [0.5, 0.6) is 5.75 Å². The summed E-state index contributed by atoms with van der Waals surface area (Å²) in [6.45, 7) is 1.70. The molecule has 9 heteroatoms. The van der Waals surface area contributed by atoms with Gasteiger partial charge in [0, 0.05) is 12.3 Å². The molecule has 8 nitrogen and oxygen atoms in total. The van der Waals surface area contributed by atoms with E-state index in [0.717, 1.165) is 0 Å². The lowest BCUT2D eigenvalue weighted by molar-refractivity contribution is -0.384. The summed E-state index contributed by atoms with van der Waals surface area (Å²) in [7, 11) is 1.37. The van der Waals surface area contributed by atoms with E-state index in [1.54, 1.807) is 13.1 Å². The van der Waals surface area contributed by atoms with Gasteiger partial charge in [0.15, 0.2) is 0 Å². The minimum Gasteiger partial charge on any atom is -0.494 e. The molecule has 22 heavy (non-hydrogen) atoms. The molecular formula is C13H13ClN4O4. The molecule has 0 fully saturated rings. The molecule has 1 N–H and O–H groups in total. The number of benzene rings is 1. The van der Waals surface area contributed by atoms with Gasteiger partial charge in [0.25, 0.3) is 5.69 Å². The highest BCUT2D eigenvalue weighted by molar-refractivity contribution is 6.31. The number of carbonyl (C=O) groups excluding carboxylic acids is 1. The minimum absolute atomic E-state index is 0.0340. The summed E-state index contributed by atoms with van der Waals surface area (Å²) in [6, 6.07) is 3.94. The van der Waals surface area contributed by atoms with Crippen LogP contribution in [0.4, 0.5) is 11.4 Å². The number of rotatable bonds is 5. The van der Waals surface area contributed by atoms with Gasteiger partial charge in [0.1, 0.15) is 12.3 Å². The summed E-state index contributed by atoms with van der Waals surface area (Å²) in [5.74, 6) is -0.149. The number of nitrogens with zero attached hydrogens (tertiary/aromatic N) is 3. The van der Waals surface area contributed by atoms with E-state index in [1.165, 1.54) is 30.0 Å². The quantitative estimate of drug-likeness (QED) is 0.672. The van der Waals surface area contributed by atoms with E-state index < -0.39 is 4.92 Å². The fraction of sp³-hybridized carbons (Fsp3) is 0.231. The fourth-order valence-electron chi connectivity index (χ4n) is 1.81. The highest BCUT2D eigenvalue weighted by atomic mass is 35.5. The molecule has 0 aliphatic rings. The third-order valence-corrected chi connectivity index (χ3v) is 3.23. The molecule has 116 valence electrons. The van der Waals surface area contributed by atoms with Crippen LogP contribution in [0.1, 0.15) is 5.69 Å². The van der Waals surface area contributed by atoms with Crippen molar-refractivity contribution >= 4 is 28.9 Å². The molecule has 0 saturated heterocycles. The lowest BCUT2D eigenvalue weighted by Gasteiger charge is -2.10. The molecule has 0 aliphatic carbocycles. The summed E-state index contributed by atoms with van der Waals surface area (Å²) in [5.41, 5.74) is 0.847. The van der Waals surface area contributed by atoms with E-state index in [4.69, 9.17) is 16.3 Å². The Bertz CT molecular complexity index is 709. The first kappa shape index (κ1) is 15.8. The maximum Gasteiger partial charge on any atom is 0.273 e. The second-order valence-corrected chi connectivity index (χ2v) is 4.86. The third-order valence-electron chi connectivity index (χ3n) is 2.86. The molecule has 1 aromatic heterocycles. The van der Waals surface area contributed by atoms with Crippen molar-refractivity contribution in [1.29, 1.82) is 0 Å². The first-order valence-corrected chi connectivity index (χ1v) is 6.60. The Kier molecular flexibility index (Phi) is 4.62. The van der Waals surface area contributed by atoms with E-state index in [0.29, 0.717) is 16.4 Å². The second-order valence-electron chi connectivity index (χ2n) is 4.45. The van der Waals surface area contributed by atoms with E-state index in [-0.39, 0.29) is 23.9 Å². The van der Waals surface area contributed by atoms with Gasteiger partial charge in [-0.05, 0) is 13.0 Å². The van der Waals surface area contributed by atoms with Gasteiger partial charge in [0.05, 0.1) is 34.5 Å². The predicted octanol–water partition coefficient (Wildman–Crippen LogP) is 2.40. The van der Waals surface area contributed by atoms with Crippen LogP contribution in [0, 0.1) is 17.0 Å². The first-order valence-electron chi connectivity index (χ1n) is 6.22. The predicted molar refractivity (Wildman–Crippen MR) is 80.3 cm³/mol. The molecule has 0 spiro atoms.